The highest BCUT2D eigenvalue weighted by Crippen LogP contribution is 2.38. The Labute approximate surface area is 164 Å². The third-order valence-corrected chi connectivity index (χ3v) is 4.94. The largest absolute Gasteiger partial charge is 0.454 e. The summed E-state index contributed by atoms with van der Waals surface area (Å²) in [5.41, 5.74) is 0.546. The predicted molar refractivity (Wildman–Crippen MR) is 96.1 cm³/mol. The molecule has 0 atom stereocenters. The Morgan fingerprint density at radius 2 is 1.72 bits per heavy atom. The molecule has 0 saturated carbocycles. The van der Waals surface area contributed by atoms with Crippen molar-refractivity contribution in [3.8, 4) is 17.2 Å². The van der Waals surface area contributed by atoms with Crippen molar-refractivity contribution in [1.29, 1.82) is 0 Å². The van der Waals surface area contributed by atoms with Gasteiger partial charge in [0.2, 0.25) is 16.8 Å². The Morgan fingerprint density at radius 1 is 1.10 bits per heavy atom. The van der Waals surface area contributed by atoms with Crippen molar-refractivity contribution in [3.63, 3.8) is 0 Å². The number of ether oxygens (including phenoxy) is 3. The third kappa shape index (κ3) is 5.23. The molecule has 156 valence electrons. The molecule has 0 saturated heterocycles. The molecule has 2 aromatic rings. The molecule has 0 spiro atoms. The summed E-state index contributed by atoms with van der Waals surface area (Å²) in [6, 6.07) is 7.96. The van der Waals surface area contributed by atoms with Crippen LogP contribution in [-0.2, 0) is 23.1 Å². The number of rotatable bonds is 7. The van der Waals surface area contributed by atoms with E-state index in [2.05, 4.69) is 15.4 Å². The van der Waals surface area contributed by atoms with Gasteiger partial charge in [-0.2, -0.15) is 8.78 Å². The van der Waals surface area contributed by atoms with E-state index in [4.69, 9.17) is 14.6 Å². The Balaban J connectivity index is 1.65. The minimum atomic E-state index is -3.94. The van der Waals surface area contributed by atoms with Gasteiger partial charge < -0.3 is 24.8 Å². The average molecular weight is 429 g/mol. The summed E-state index contributed by atoms with van der Waals surface area (Å²) in [4.78, 5) is 12.0. The monoisotopic (exact) mass is 429 g/mol. The van der Waals surface area contributed by atoms with Gasteiger partial charge in [0, 0.05) is 24.7 Å². The number of hydrogen-bond acceptors (Lipinski definition) is 6. The van der Waals surface area contributed by atoms with Crippen LogP contribution >= 0.6 is 0 Å². The van der Waals surface area contributed by atoms with Crippen LogP contribution in [0.2, 0.25) is 0 Å². The number of carbonyl (C=O) groups excluding carboxylic acids is 1. The number of carbonyl (C=O) groups is 1. The third-order valence-electron chi connectivity index (χ3n) is 3.93. The fourth-order valence-corrected chi connectivity index (χ4v) is 3.42. The molecule has 0 bridgehead atoms. The number of nitrogens with one attached hydrogen (secondary N) is 2. The van der Waals surface area contributed by atoms with Crippen LogP contribution in [0.1, 0.15) is 11.1 Å². The zero-order valence-corrected chi connectivity index (χ0v) is 15.7. The van der Waals surface area contributed by atoms with Gasteiger partial charge in [-0.3, -0.25) is 0 Å². The molecule has 1 aliphatic heterocycles. The number of fused-ring (bicyclic) bond motifs is 1. The first-order valence-corrected chi connectivity index (χ1v) is 9.78. The van der Waals surface area contributed by atoms with Crippen LogP contribution in [0.4, 0.5) is 13.6 Å². The van der Waals surface area contributed by atoms with Crippen LogP contribution in [-0.4, -0.2) is 27.9 Å². The Kier molecular flexibility index (Phi) is 6.03. The molecule has 4 N–H and O–H groups in total. The maximum absolute atomic E-state index is 12.6. The zero-order valence-electron chi connectivity index (χ0n) is 14.9. The topological polar surface area (TPSA) is 129 Å². The van der Waals surface area contributed by atoms with E-state index in [9.17, 15) is 22.0 Å². The van der Waals surface area contributed by atoms with E-state index in [0.717, 1.165) is 0 Å². The first-order valence-electron chi connectivity index (χ1n) is 8.24. The molecule has 0 aliphatic carbocycles. The lowest BCUT2D eigenvalue weighted by molar-refractivity contribution is -0.0505. The number of benzene rings is 2. The maximum Gasteiger partial charge on any atom is 0.387 e. The summed E-state index contributed by atoms with van der Waals surface area (Å²) in [6.07, 6.45) is 0. The van der Waals surface area contributed by atoms with Crippen LogP contribution < -0.4 is 30.0 Å². The lowest BCUT2D eigenvalue weighted by Crippen LogP contribution is -2.35. The van der Waals surface area contributed by atoms with Gasteiger partial charge in [-0.1, -0.05) is 18.2 Å². The molecular formula is C17H17F2N3O6S. The minimum Gasteiger partial charge on any atom is -0.454 e. The molecule has 1 heterocycles. The number of primary sulfonamides is 1. The van der Waals surface area contributed by atoms with E-state index in [1.54, 1.807) is 6.07 Å². The first-order chi connectivity index (χ1) is 13.7. The summed E-state index contributed by atoms with van der Waals surface area (Å²) >= 11 is 0. The highest BCUT2D eigenvalue weighted by Gasteiger charge is 2.20. The van der Waals surface area contributed by atoms with Crippen molar-refractivity contribution >= 4 is 16.1 Å². The molecule has 12 heteroatoms. The molecule has 0 radical (unpaired) electrons. The van der Waals surface area contributed by atoms with E-state index >= 15 is 0 Å². The number of nitrogens with two attached hydrogens (primary N) is 1. The van der Waals surface area contributed by atoms with Crippen molar-refractivity contribution in [2.24, 2.45) is 5.14 Å². The molecule has 1 aliphatic rings. The number of sulfonamides is 1. The SMILES string of the molecule is NS(=O)(=O)c1ccccc1CNC(=O)NCc1cc2c(cc1OC(F)F)OCO2. The standard InChI is InChI=1S/C17H17F2N3O6S/c18-16(19)28-12-6-14-13(26-9-27-14)5-11(12)8-22-17(23)21-7-10-3-1-2-4-15(10)29(20,24)25/h1-6,16H,7-9H2,(H2,20,24,25)(H2,21,22,23). The number of alkyl halides is 2. The quantitative estimate of drug-likeness (QED) is 0.614. The zero-order chi connectivity index (χ0) is 21.0. The molecule has 3 rings (SSSR count). The highest BCUT2D eigenvalue weighted by molar-refractivity contribution is 7.89. The van der Waals surface area contributed by atoms with Gasteiger partial charge in [0.1, 0.15) is 5.75 Å². The van der Waals surface area contributed by atoms with E-state index in [0.29, 0.717) is 11.3 Å². The molecule has 9 nitrogen and oxygen atoms in total. The van der Waals surface area contributed by atoms with Crippen molar-refractivity contribution < 1.29 is 36.2 Å². The van der Waals surface area contributed by atoms with Crippen molar-refractivity contribution in [3.05, 3.63) is 47.5 Å². The molecule has 0 fully saturated rings. The number of halogens is 2. The van der Waals surface area contributed by atoms with Gasteiger partial charge in [0.05, 0.1) is 4.90 Å². The second-order valence-electron chi connectivity index (χ2n) is 5.88. The lowest BCUT2D eigenvalue weighted by atomic mass is 10.1. The number of amides is 2. The van der Waals surface area contributed by atoms with Gasteiger partial charge in [-0.15, -0.1) is 0 Å². The molecule has 2 amide bonds. The van der Waals surface area contributed by atoms with Crippen molar-refractivity contribution in [2.45, 2.75) is 24.6 Å². The summed E-state index contributed by atoms with van der Waals surface area (Å²) in [5, 5.41) is 10.1. The second kappa shape index (κ2) is 8.49. The van der Waals surface area contributed by atoms with Crippen LogP contribution in [0.15, 0.2) is 41.3 Å². The molecular weight excluding hydrogens is 412 g/mol. The molecule has 0 aromatic heterocycles. The van der Waals surface area contributed by atoms with Gasteiger partial charge >= 0.3 is 12.6 Å². The maximum atomic E-state index is 12.6. The van der Waals surface area contributed by atoms with Crippen molar-refractivity contribution in [1.82, 2.24) is 10.6 Å². The first kappa shape index (κ1) is 20.6. The van der Waals surface area contributed by atoms with Crippen molar-refractivity contribution in [2.75, 3.05) is 6.79 Å². The lowest BCUT2D eigenvalue weighted by Gasteiger charge is -2.14. The van der Waals surface area contributed by atoms with Gasteiger partial charge in [0.25, 0.3) is 0 Å². The van der Waals surface area contributed by atoms with Gasteiger partial charge in [-0.25, -0.2) is 18.4 Å². The fraction of sp³-hybridized carbons (Fsp3) is 0.235. The Morgan fingerprint density at radius 3 is 2.38 bits per heavy atom. The number of urea groups is 1. The average Bonchev–Trinajstić information content (AvgIpc) is 3.10. The van der Waals surface area contributed by atoms with Gasteiger partial charge in [0.15, 0.2) is 11.5 Å². The smallest absolute Gasteiger partial charge is 0.387 e. The summed E-state index contributed by atoms with van der Waals surface area (Å²) < 4.78 is 63.2. The van der Waals surface area contributed by atoms with E-state index in [-0.39, 0.29) is 41.8 Å². The van der Waals surface area contributed by atoms with Crippen LogP contribution in [0.5, 0.6) is 17.2 Å². The van der Waals surface area contributed by atoms with E-state index in [1.807, 2.05) is 0 Å². The summed E-state index contributed by atoms with van der Waals surface area (Å²) in [7, 11) is -3.94. The second-order valence-corrected chi connectivity index (χ2v) is 7.41. The molecule has 29 heavy (non-hydrogen) atoms. The van der Waals surface area contributed by atoms with Crippen LogP contribution in [0, 0.1) is 0 Å². The van der Waals surface area contributed by atoms with Gasteiger partial charge in [-0.05, 0) is 17.7 Å². The Hall–Kier alpha value is -3.12. The number of hydrogen-bond donors (Lipinski definition) is 3. The fourth-order valence-electron chi connectivity index (χ4n) is 2.65. The van der Waals surface area contributed by atoms with E-state index in [1.165, 1.54) is 30.3 Å². The Bertz CT molecular complexity index is 1020. The molecule has 2 aromatic carbocycles. The van der Waals surface area contributed by atoms with E-state index < -0.39 is 22.7 Å². The minimum absolute atomic E-state index is 0.0513. The highest BCUT2D eigenvalue weighted by atomic mass is 32.2. The van der Waals surface area contributed by atoms with Crippen LogP contribution in [0.25, 0.3) is 0 Å². The van der Waals surface area contributed by atoms with Crippen LogP contribution in [0.3, 0.4) is 0 Å². The molecule has 0 unspecified atom stereocenters. The predicted octanol–water partition coefficient (Wildman–Crippen LogP) is 1.66. The summed E-state index contributed by atoms with van der Waals surface area (Å²) in [5.74, 6) is 0.434. The summed E-state index contributed by atoms with van der Waals surface area (Å²) in [6.45, 7) is -3.37. The normalized spacial score (nSPS) is 12.7.